The lowest BCUT2D eigenvalue weighted by atomic mass is 10.0. The minimum Gasteiger partial charge on any atom is -0.323 e. The fraction of sp³-hybridized carbons (Fsp3) is 0.462. The van der Waals surface area contributed by atoms with Crippen molar-refractivity contribution in [1.82, 2.24) is 5.32 Å². The number of hydrogen-bond acceptors (Lipinski definition) is 3. The Morgan fingerprint density at radius 1 is 1.35 bits per heavy atom. The van der Waals surface area contributed by atoms with Crippen molar-refractivity contribution in [2.24, 2.45) is 0 Å². The summed E-state index contributed by atoms with van der Waals surface area (Å²) in [5.41, 5.74) is 0.316. The maximum atomic E-state index is 12.1. The zero-order valence-electron chi connectivity index (χ0n) is 10.8. The highest BCUT2D eigenvalue weighted by Gasteiger charge is 2.26. The van der Waals surface area contributed by atoms with Crippen molar-refractivity contribution in [3.63, 3.8) is 0 Å². The smallest absolute Gasteiger partial charge is 0.244 e. The van der Waals surface area contributed by atoms with Gasteiger partial charge in [-0.2, -0.15) is 0 Å². The second-order valence-corrected chi connectivity index (χ2v) is 5.16. The maximum Gasteiger partial charge on any atom is 0.244 e. The summed E-state index contributed by atoms with van der Waals surface area (Å²) >= 11 is 1.63. The molecule has 0 saturated heterocycles. The molecule has 0 bridgehead atoms. The lowest BCUT2D eigenvalue weighted by Crippen LogP contribution is -2.49. The molecule has 0 radical (unpaired) electrons. The van der Waals surface area contributed by atoms with Crippen LogP contribution in [0, 0.1) is 0 Å². The third-order valence-electron chi connectivity index (χ3n) is 2.54. The molecule has 1 aromatic rings. The van der Waals surface area contributed by atoms with E-state index in [2.05, 4.69) is 10.6 Å². The quantitative estimate of drug-likeness (QED) is 0.792. The number of para-hydroxylation sites is 1. The largest absolute Gasteiger partial charge is 0.323 e. The third kappa shape index (κ3) is 3.75. The van der Waals surface area contributed by atoms with E-state index >= 15 is 0 Å². The van der Waals surface area contributed by atoms with Crippen LogP contribution in [0.4, 0.5) is 5.69 Å². The Bertz CT molecular complexity index is 391. The molecular weight excluding hydrogens is 232 g/mol. The molecule has 1 amide bonds. The van der Waals surface area contributed by atoms with Gasteiger partial charge in [0, 0.05) is 4.90 Å². The van der Waals surface area contributed by atoms with Crippen molar-refractivity contribution in [3.05, 3.63) is 24.3 Å². The Morgan fingerprint density at radius 2 is 2.00 bits per heavy atom. The van der Waals surface area contributed by atoms with E-state index in [1.165, 1.54) is 0 Å². The Balaban J connectivity index is 2.80. The topological polar surface area (TPSA) is 41.1 Å². The summed E-state index contributed by atoms with van der Waals surface area (Å²) in [7, 11) is 0. The molecule has 0 unspecified atom stereocenters. The molecule has 94 valence electrons. The Morgan fingerprint density at radius 3 is 2.59 bits per heavy atom. The summed E-state index contributed by atoms with van der Waals surface area (Å²) in [5.74, 6) is -0.0131. The highest BCUT2D eigenvalue weighted by molar-refractivity contribution is 7.98. The average Bonchev–Trinajstić information content (AvgIpc) is 2.29. The zero-order valence-corrected chi connectivity index (χ0v) is 11.6. The van der Waals surface area contributed by atoms with Gasteiger partial charge in [-0.3, -0.25) is 4.79 Å². The molecule has 0 aliphatic carbocycles. The number of amides is 1. The summed E-state index contributed by atoms with van der Waals surface area (Å²) in [6.45, 7) is 6.52. The summed E-state index contributed by atoms with van der Waals surface area (Å²) in [6.07, 6.45) is 2.00. The number of nitrogens with one attached hydrogen (secondary N) is 2. The van der Waals surface area contributed by atoms with Crippen molar-refractivity contribution in [1.29, 1.82) is 0 Å². The van der Waals surface area contributed by atoms with Gasteiger partial charge in [-0.05, 0) is 38.8 Å². The predicted molar refractivity (Wildman–Crippen MR) is 74.6 cm³/mol. The molecule has 4 heteroatoms. The van der Waals surface area contributed by atoms with E-state index in [1.54, 1.807) is 11.8 Å². The molecule has 0 spiro atoms. The highest BCUT2D eigenvalue weighted by atomic mass is 32.2. The lowest BCUT2D eigenvalue weighted by molar-refractivity contribution is -0.121. The molecule has 0 aliphatic heterocycles. The zero-order chi connectivity index (χ0) is 12.9. The van der Waals surface area contributed by atoms with Gasteiger partial charge in [0.2, 0.25) is 5.91 Å². The van der Waals surface area contributed by atoms with Crippen LogP contribution in [0.2, 0.25) is 0 Å². The summed E-state index contributed by atoms with van der Waals surface area (Å²) in [5, 5.41) is 6.12. The predicted octanol–water partition coefficient (Wildman–Crippen LogP) is 2.74. The third-order valence-corrected chi connectivity index (χ3v) is 3.34. The van der Waals surface area contributed by atoms with Crippen LogP contribution >= 0.6 is 11.8 Å². The van der Waals surface area contributed by atoms with Crippen LogP contribution in [0.25, 0.3) is 0 Å². The Kier molecular flexibility index (Phi) is 5.02. The normalized spacial score (nSPS) is 11.3. The van der Waals surface area contributed by atoms with Crippen molar-refractivity contribution in [2.45, 2.75) is 31.2 Å². The van der Waals surface area contributed by atoms with Crippen molar-refractivity contribution >= 4 is 23.4 Å². The van der Waals surface area contributed by atoms with Crippen LogP contribution in [0.15, 0.2) is 29.2 Å². The molecule has 0 fully saturated rings. The van der Waals surface area contributed by atoms with E-state index in [-0.39, 0.29) is 5.91 Å². The molecule has 0 aromatic heterocycles. The van der Waals surface area contributed by atoms with Gasteiger partial charge in [0.15, 0.2) is 0 Å². The van der Waals surface area contributed by atoms with E-state index < -0.39 is 5.54 Å². The molecule has 17 heavy (non-hydrogen) atoms. The van der Waals surface area contributed by atoms with E-state index in [0.29, 0.717) is 0 Å². The van der Waals surface area contributed by atoms with Crippen LogP contribution in [0.3, 0.4) is 0 Å². The van der Waals surface area contributed by atoms with Gasteiger partial charge >= 0.3 is 0 Å². The van der Waals surface area contributed by atoms with Gasteiger partial charge in [0.05, 0.1) is 11.2 Å². The van der Waals surface area contributed by atoms with Crippen molar-refractivity contribution in [2.75, 3.05) is 18.1 Å². The number of anilines is 1. The number of carbonyl (C=O) groups excluding carboxylic acids is 1. The van der Waals surface area contributed by atoms with Crippen molar-refractivity contribution < 1.29 is 4.79 Å². The van der Waals surface area contributed by atoms with Crippen LogP contribution in [-0.2, 0) is 4.79 Å². The van der Waals surface area contributed by atoms with Crippen LogP contribution in [0.1, 0.15) is 20.8 Å². The summed E-state index contributed by atoms with van der Waals surface area (Å²) < 4.78 is 0. The molecule has 3 nitrogen and oxygen atoms in total. The van der Waals surface area contributed by atoms with Crippen LogP contribution in [0.5, 0.6) is 0 Å². The van der Waals surface area contributed by atoms with Gasteiger partial charge in [-0.15, -0.1) is 11.8 Å². The summed E-state index contributed by atoms with van der Waals surface area (Å²) in [4.78, 5) is 13.2. The van der Waals surface area contributed by atoms with E-state index in [4.69, 9.17) is 0 Å². The minimum absolute atomic E-state index is 0.0131. The van der Waals surface area contributed by atoms with Gasteiger partial charge in [-0.1, -0.05) is 19.1 Å². The molecule has 2 N–H and O–H groups in total. The first kappa shape index (κ1) is 14.1. The van der Waals surface area contributed by atoms with Gasteiger partial charge in [-0.25, -0.2) is 0 Å². The molecule has 1 rings (SSSR count). The highest BCUT2D eigenvalue weighted by Crippen LogP contribution is 2.25. The number of thioether (sulfide) groups is 1. The first-order chi connectivity index (χ1) is 8.01. The first-order valence-corrected chi connectivity index (χ1v) is 6.93. The molecule has 0 atom stereocenters. The van der Waals surface area contributed by atoms with Crippen molar-refractivity contribution in [3.8, 4) is 0 Å². The average molecular weight is 252 g/mol. The second kappa shape index (κ2) is 6.07. The molecule has 0 heterocycles. The fourth-order valence-electron chi connectivity index (χ4n) is 1.55. The molecular formula is C13H20N2OS. The van der Waals surface area contributed by atoms with E-state index in [0.717, 1.165) is 17.1 Å². The Labute approximate surface area is 107 Å². The first-order valence-electron chi connectivity index (χ1n) is 5.70. The van der Waals surface area contributed by atoms with Gasteiger partial charge in [0.1, 0.15) is 0 Å². The number of carbonyl (C=O) groups is 1. The summed E-state index contributed by atoms with van der Waals surface area (Å²) in [6, 6.07) is 7.82. The monoisotopic (exact) mass is 252 g/mol. The Hall–Kier alpha value is -1.00. The molecule has 0 saturated carbocycles. The standard InChI is InChI=1S/C13H20N2OS/c1-5-14-13(2,3)12(16)15-10-8-6-7-9-11(10)17-4/h6-9,14H,5H2,1-4H3,(H,15,16). The molecule has 0 aliphatic rings. The maximum absolute atomic E-state index is 12.1. The van der Waals surface area contributed by atoms with Crippen LogP contribution in [-0.4, -0.2) is 24.2 Å². The fourth-order valence-corrected chi connectivity index (χ4v) is 2.10. The SMILES string of the molecule is CCNC(C)(C)C(=O)Nc1ccccc1SC. The molecule has 1 aromatic carbocycles. The van der Waals surface area contributed by atoms with Gasteiger partial charge < -0.3 is 10.6 Å². The number of likely N-dealkylation sites (N-methyl/N-ethyl adjacent to an activating group) is 1. The van der Waals surface area contributed by atoms with Gasteiger partial charge in [0.25, 0.3) is 0 Å². The minimum atomic E-state index is -0.555. The van der Waals surface area contributed by atoms with Crippen LogP contribution < -0.4 is 10.6 Å². The number of rotatable bonds is 5. The second-order valence-electron chi connectivity index (χ2n) is 4.31. The number of benzene rings is 1. The lowest BCUT2D eigenvalue weighted by Gasteiger charge is -2.25. The van der Waals surface area contributed by atoms with E-state index in [9.17, 15) is 4.79 Å². The number of hydrogen-bond donors (Lipinski definition) is 2. The van der Waals surface area contributed by atoms with E-state index in [1.807, 2.05) is 51.3 Å².